The Labute approximate surface area is 184 Å². The summed E-state index contributed by atoms with van der Waals surface area (Å²) in [6.07, 6.45) is 9.68. The van der Waals surface area contributed by atoms with Gasteiger partial charge in [0.15, 0.2) is 0 Å². The minimum atomic E-state index is 0.00298. The number of hydrogen-bond donors (Lipinski definition) is 0. The number of aromatic nitrogens is 3. The molecule has 0 aliphatic carbocycles. The van der Waals surface area contributed by atoms with Gasteiger partial charge in [0.05, 0.1) is 24.0 Å². The minimum Gasteiger partial charge on any atom is -0.478 e. The van der Waals surface area contributed by atoms with Crippen LogP contribution in [0.3, 0.4) is 0 Å². The molecule has 0 N–H and O–H groups in total. The molecule has 0 unspecified atom stereocenters. The summed E-state index contributed by atoms with van der Waals surface area (Å²) in [5, 5.41) is 0. The number of imidazole rings is 1. The van der Waals surface area contributed by atoms with Crippen LogP contribution in [-0.2, 0) is 16.7 Å². The Morgan fingerprint density at radius 3 is 2.65 bits per heavy atom. The van der Waals surface area contributed by atoms with E-state index in [4.69, 9.17) is 9.47 Å². The molecular weight excluding hydrogens is 388 g/mol. The fraction of sp³-hybridized carbons (Fsp3) is 0.520. The molecule has 6 nitrogen and oxygen atoms in total. The highest BCUT2D eigenvalue weighted by molar-refractivity contribution is 5.75. The lowest BCUT2D eigenvalue weighted by molar-refractivity contribution is 0.0437. The van der Waals surface area contributed by atoms with Crippen molar-refractivity contribution in [2.45, 2.75) is 44.1 Å². The van der Waals surface area contributed by atoms with Crippen molar-refractivity contribution >= 4 is 11.0 Å². The molecule has 2 saturated heterocycles. The molecule has 3 aromatic rings. The molecule has 2 aromatic heterocycles. The number of pyridine rings is 1. The van der Waals surface area contributed by atoms with Gasteiger partial charge in [0, 0.05) is 44.0 Å². The summed E-state index contributed by atoms with van der Waals surface area (Å²) in [5.41, 5.74) is 3.49. The fourth-order valence-corrected chi connectivity index (χ4v) is 5.01. The molecule has 0 radical (unpaired) electrons. The van der Waals surface area contributed by atoms with Crippen molar-refractivity contribution in [1.29, 1.82) is 0 Å². The van der Waals surface area contributed by atoms with E-state index in [2.05, 4.69) is 43.7 Å². The Kier molecular flexibility index (Phi) is 6.18. The second kappa shape index (κ2) is 9.37. The summed E-state index contributed by atoms with van der Waals surface area (Å²) in [7, 11) is 0. The number of rotatable bonds is 8. The number of nitrogens with zero attached hydrogens (tertiary/aromatic N) is 4. The van der Waals surface area contributed by atoms with Gasteiger partial charge >= 0.3 is 0 Å². The maximum atomic E-state index is 5.93. The molecule has 6 heteroatoms. The Bertz CT molecular complexity index is 973. The molecule has 31 heavy (non-hydrogen) atoms. The molecule has 4 heterocycles. The molecule has 2 aliphatic heterocycles. The summed E-state index contributed by atoms with van der Waals surface area (Å²) in [5.74, 6) is 0.723. The maximum absolute atomic E-state index is 5.93. The second-order valence-corrected chi connectivity index (χ2v) is 8.89. The standard InChI is InChI=1S/C25H32N4O2/c1-2-7-23-22(6-1)27-20-29(23)19-25(10-16-30-17-11-25)21-8-9-24(26-18-21)31-15-5-14-28-12-3-4-13-28/h1-2,6-9,18,20H,3-5,10-17,19H2. The van der Waals surface area contributed by atoms with Gasteiger partial charge in [-0.2, -0.15) is 0 Å². The van der Waals surface area contributed by atoms with E-state index in [1.807, 2.05) is 24.7 Å². The van der Waals surface area contributed by atoms with Crippen LogP contribution < -0.4 is 4.74 Å². The van der Waals surface area contributed by atoms with E-state index in [0.29, 0.717) is 0 Å². The van der Waals surface area contributed by atoms with Gasteiger partial charge in [-0.25, -0.2) is 9.97 Å². The number of hydrogen-bond acceptors (Lipinski definition) is 5. The molecule has 0 spiro atoms. The van der Waals surface area contributed by atoms with Crippen LogP contribution in [0.1, 0.15) is 37.7 Å². The molecular formula is C25H32N4O2. The van der Waals surface area contributed by atoms with E-state index in [1.54, 1.807) is 0 Å². The van der Waals surface area contributed by atoms with Gasteiger partial charge in [-0.05, 0) is 62.9 Å². The highest BCUT2D eigenvalue weighted by Gasteiger charge is 2.35. The van der Waals surface area contributed by atoms with Crippen LogP contribution in [0.5, 0.6) is 5.88 Å². The highest BCUT2D eigenvalue weighted by atomic mass is 16.5. The summed E-state index contributed by atoms with van der Waals surface area (Å²) >= 11 is 0. The first kappa shape index (κ1) is 20.5. The summed E-state index contributed by atoms with van der Waals surface area (Å²) < 4.78 is 13.9. The van der Waals surface area contributed by atoms with Gasteiger partial charge in [-0.1, -0.05) is 18.2 Å². The van der Waals surface area contributed by atoms with Crippen molar-refractivity contribution in [2.24, 2.45) is 0 Å². The number of ether oxygens (including phenoxy) is 2. The van der Waals surface area contributed by atoms with E-state index in [-0.39, 0.29) is 5.41 Å². The predicted molar refractivity (Wildman–Crippen MR) is 121 cm³/mol. The molecule has 2 aliphatic rings. The lowest BCUT2D eigenvalue weighted by Gasteiger charge is -2.38. The largest absolute Gasteiger partial charge is 0.478 e. The van der Waals surface area contributed by atoms with Crippen molar-refractivity contribution in [1.82, 2.24) is 19.4 Å². The minimum absolute atomic E-state index is 0.00298. The molecule has 0 saturated carbocycles. The van der Waals surface area contributed by atoms with Crippen LogP contribution in [0, 0.1) is 0 Å². The van der Waals surface area contributed by atoms with Gasteiger partial charge in [0.2, 0.25) is 5.88 Å². The van der Waals surface area contributed by atoms with Crippen molar-refractivity contribution in [2.75, 3.05) is 39.5 Å². The van der Waals surface area contributed by atoms with E-state index in [1.165, 1.54) is 37.0 Å². The van der Waals surface area contributed by atoms with Crippen molar-refractivity contribution in [3.63, 3.8) is 0 Å². The molecule has 0 bridgehead atoms. The van der Waals surface area contributed by atoms with Crippen LogP contribution in [0.15, 0.2) is 48.9 Å². The average Bonchev–Trinajstić information content (AvgIpc) is 3.48. The van der Waals surface area contributed by atoms with Crippen LogP contribution >= 0.6 is 0 Å². The number of likely N-dealkylation sites (tertiary alicyclic amines) is 1. The summed E-state index contributed by atoms with van der Waals surface area (Å²) in [6, 6.07) is 12.6. The van der Waals surface area contributed by atoms with Crippen LogP contribution in [0.4, 0.5) is 0 Å². The number of benzene rings is 1. The zero-order chi connectivity index (χ0) is 20.9. The van der Waals surface area contributed by atoms with Gasteiger partial charge in [0.1, 0.15) is 0 Å². The molecule has 2 fully saturated rings. The third kappa shape index (κ3) is 4.60. The van der Waals surface area contributed by atoms with Crippen molar-refractivity contribution < 1.29 is 9.47 Å². The Morgan fingerprint density at radius 2 is 1.84 bits per heavy atom. The molecule has 0 amide bonds. The maximum Gasteiger partial charge on any atom is 0.213 e. The van der Waals surface area contributed by atoms with E-state index in [0.717, 1.165) is 63.6 Å². The lowest BCUT2D eigenvalue weighted by Crippen LogP contribution is -2.38. The third-order valence-corrected chi connectivity index (χ3v) is 6.87. The molecule has 0 atom stereocenters. The Balaban J connectivity index is 1.27. The van der Waals surface area contributed by atoms with Gasteiger partial charge < -0.3 is 18.9 Å². The van der Waals surface area contributed by atoms with Crippen LogP contribution in [0.2, 0.25) is 0 Å². The Hall–Kier alpha value is -2.44. The molecule has 1 aromatic carbocycles. The van der Waals surface area contributed by atoms with Crippen LogP contribution in [-0.4, -0.2) is 58.9 Å². The highest BCUT2D eigenvalue weighted by Crippen LogP contribution is 2.37. The van der Waals surface area contributed by atoms with Crippen molar-refractivity contribution in [3.8, 4) is 5.88 Å². The first-order valence-corrected chi connectivity index (χ1v) is 11.6. The van der Waals surface area contributed by atoms with Crippen molar-refractivity contribution in [3.05, 3.63) is 54.5 Å². The zero-order valence-corrected chi connectivity index (χ0v) is 18.2. The van der Waals surface area contributed by atoms with Gasteiger partial charge in [0.25, 0.3) is 0 Å². The molecule has 5 rings (SSSR count). The lowest BCUT2D eigenvalue weighted by atomic mass is 9.74. The number of para-hydroxylation sites is 2. The second-order valence-electron chi connectivity index (χ2n) is 8.89. The first-order chi connectivity index (χ1) is 15.3. The van der Waals surface area contributed by atoms with E-state index in [9.17, 15) is 0 Å². The first-order valence-electron chi connectivity index (χ1n) is 11.6. The van der Waals surface area contributed by atoms with E-state index >= 15 is 0 Å². The normalized spacial score (nSPS) is 19.1. The Morgan fingerprint density at radius 1 is 1.00 bits per heavy atom. The number of fused-ring (bicyclic) bond motifs is 1. The SMILES string of the molecule is c1ccc2c(c1)ncn2CC1(c2ccc(OCCCN3CCCC3)nc2)CCOCC1. The monoisotopic (exact) mass is 420 g/mol. The average molecular weight is 421 g/mol. The fourth-order valence-electron chi connectivity index (χ4n) is 5.01. The molecule has 164 valence electrons. The summed E-state index contributed by atoms with van der Waals surface area (Å²) in [4.78, 5) is 11.8. The topological polar surface area (TPSA) is 52.4 Å². The smallest absolute Gasteiger partial charge is 0.213 e. The zero-order valence-electron chi connectivity index (χ0n) is 18.2. The third-order valence-electron chi connectivity index (χ3n) is 6.87. The quantitative estimate of drug-likeness (QED) is 0.515. The summed E-state index contributed by atoms with van der Waals surface area (Å²) in [6.45, 7) is 6.77. The van der Waals surface area contributed by atoms with E-state index < -0.39 is 0 Å². The van der Waals surface area contributed by atoms with Gasteiger partial charge in [-0.15, -0.1) is 0 Å². The van der Waals surface area contributed by atoms with Crippen LogP contribution in [0.25, 0.3) is 11.0 Å². The van der Waals surface area contributed by atoms with Gasteiger partial charge in [-0.3, -0.25) is 0 Å². The predicted octanol–water partition coefficient (Wildman–Crippen LogP) is 4.04.